The van der Waals surface area contributed by atoms with Gasteiger partial charge in [-0.2, -0.15) is 11.8 Å². The molecule has 0 aliphatic carbocycles. The third-order valence-corrected chi connectivity index (χ3v) is 3.61. The van der Waals surface area contributed by atoms with E-state index in [1.165, 1.54) is 0 Å². The Morgan fingerprint density at radius 1 is 1.53 bits per heavy atom. The number of amides is 1. The van der Waals surface area contributed by atoms with E-state index in [1.807, 2.05) is 31.3 Å². The van der Waals surface area contributed by atoms with Crippen molar-refractivity contribution in [3.63, 3.8) is 0 Å². The molecule has 1 atom stereocenters. The van der Waals surface area contributed by atoms with Crippen molar-refractivity contribution in [1.29, 1.82) is 0 Å². The fourth-order valence-corrected chi connectivity index (χ4v) is 2.51. The maximum absolute atomic E-state index is 12.0. The summed E-state index contributed by atoms with van der Waals surface area (Å²) in [5.41, 5.74) is 7.31. The number of carbonyl (C=O) groups excluding carboxylic acids is 1. The van der Waals surface area contributed by atoms with Crippen molar-refractivity contribution in [3.05, 3.63) is 23.2 Å². The molecule has 0 fully saturated rings. The molecule has 0 unspecified atom stereocenters. The first-order valence-corrected chi connectivity index (χ1v) is 7.75. The molecule has 0 spiro atoms. The van der Waals surface area contributed by atoms with E-state index in [-0.39, 0.29) is 5.91 Å². The van der Waals surface area contributed by atoms with Gasteiger partial charge in [0.15, 0.2) is 0 Å². The summed E-state index contributed by atoms with van der Waals surface area (Å²) in [5.74, 6) is 0.685. The fraction of sp³-hybridized carbons (Fsp3) is 0.462. The van der Waals surface area contributed by atoms with E-state index >= 15 is 0 Å². The summed E-state index contributed by atoms with van der Waals surface area (Å²) in [4.78, 5) is 13.9. The van der Waals surface area contributed by atoms with Crippen LogP contribution in [0.15, 0.2) is 18.2 Å². The predicted molar refractivity (Wildman–Crippen MR) is 85.4 cm³/mol. The molecule has 0 saturated heterocycles. The molecule has 1 amide bonds. The van der Waals surface area contributed by atoms with E-state index in [4.69, 9.17) is 17.3 Å². The Kier molecular flexibility index (Phi) is 6.48. The van der Waals surface area contributed by atoms with Gasteiger partial charge in [-0.25, -0.2) is 0 Å². The first kappa shape index (κ1) is 16.1. The van der Waals surface area contributed by atoms with Crippen LogP contribution in [0.5, 0.6) is 0 Å². The standard InChI is InChI=1S/C13H20ClN3OS/c1-17(2)12-9(14)5-4-6-11(12)16-13(18)10(15)7-8-19-3/h4-6,10H,7-8,15H2,1-3H3,(H,16,18)/t10-/m0/s1. The van der Waals surface area contributed by atoms with Crippen molar-refractivity contribution < 1.29 is 4.79 Å². The molecule has 0 saturated carbocycles. The Morgan fingerprint density at radius 2 is 2.21 bits per heavy atom. The number of rotatable bonds is 6. The zero-order chi connectivity index (χ0) is 14.4. The van der Waals surface area contributed by atoms with Crippen LogP contribution in [0, 0.1) is 0 Å². The van der Waals surface area contributed by atoms with Crippen LogP contribution in [-0.4, -0.2) is 38.1 Å². The highest BCUT2D eigenvalue weighted by Gasteiger charge is 2.16. The van der Waals surface area contributed by atoms with E-state index in [1.54, 1.807) is 23.9 Å². The quantitative estimate of drug-likeness (QED) is 0.847. The third kappa shape index (κ3) is 4.60. The Labute approximate surface area is 123 Å². The Bertz CT molecular complexity index is 440. The molecule has 6 heteroatoms. The number of hydrogen-bond donors (Lipinski definition) is 2. The van der Waals surface area contributed by atoms with Crippen molar-refractivity contribution in [2.45, 2.75) is 12.5 Å². The summed E-state index contributed by atoms with van der Waals surface area (Å²) in [6.45, 7) is 0. The van der Waals surface area contributed by atoms with E-state index in [0.717, 1.165) is 11.4 Å². The van der Waals surface area contributed by atoms with Crippen LogP contribution in [-0.2, 0) is 4.79 Å². The highest BCUT2D eigenvalue weighted by Crippen LogP contribution is 2.32. The lowest BCUT2D eigenvalue weighted by Gasteiger charge is -2.20. The van der Waals surface area contributed by atoms with Crippen LogP contribution >= 0.6 is 23.4 Å². The topological polar surface area (TPSA) is 58.4 Å². The monoisotopic (exact) mass is 301 g/mol. The minimum Gasteiger partial charge on any atom is -0.375 e. The van der Waals surface area contributed by atoms with Gasteiger partial charge in [0.1, 0.15) is 0 Å². The molecule has 3 N–H and O–H groups in total. The molecule has 0 aliphatic rings. The summed E-state index contributed by atoms with van der Waals surface area (Å²) in [7, 11) is 3.76. The molecule has 106 valence electrons. The van der Waals surface area contributed by atoms with Gasteiger partial charge in [0.05, 0.1) is 22.4 Å². The van der Waals surface area contributed by atoms with E-state index in [0.29, 0.717) is 17.1 Å². The largest absolute Gasteiger partial charge is 0.375 e. The van der Waals surface area contributed by atoms with E-state index < -0.39 is 6.04 Å². The van der Waals surface area contributed by atoms with Gasteiger partial charge in [0, 0.05) is 14.1 Å². The summed E-state index contributed by atoms with van der Waals surface area (Å²) in [5, 5.41) is 3.44. The SMILES string of the molecule is CSCC[C@H](N)C(=O)Nc1cccc(Cl)c1N(C)C. The van der Waals surface area contributed by atoms with Crippen molar-refractivity contribution >= 4 is 40.6 Å². The maximum atomic E-state index is 12.0. The van der Waals surface area contributed by atoms with Crippen LogP contribution < -0.4 is 16.0 Å². The van der Waals surface area contributed by atoms with Crippen molar-refractivity contribution in [2.75, 3.05) is 36.3 Å². The predicted octanol–water partition coefficient (Wildman–Crippen LogP) is 2.42. The van der Waals surface area contributed by atoms with Gasteiger partial charge >= 0.3 is 0 Å². The average molecular weight is 302 g/mol. The normalized spacial score (nSPS) is 12.1. The van der Waals surface area contributed by atoms with Gasteiger partial charge in [-0.1, -0.05) is 17.7 Å². The Morgan fingerprint density at radius 3 is 2.79 bits per heavy atom. The number of halogens is 1. The van der Waals surface area contributed by atoms with Gasteiger partial charge in [0.25, 0.3) is 0 Å². The lowest BCUT2D eigenvalue weighted by molar-refractivity contribution is -0.117. The number of benzene rings is 1. The number of nitrogens with two attached hydrogens (primary N) is 1. The van der Waals surface area contributed by atoms with Gasteiger partial charge < -0.3 is 16.0 Å². The molecular weight excluding hydrogens is 282 g/mol. The molecular formula is C13H20ClN3OS. The fourth-order valence-electron chi connectivity index (χ4n) is 1.67. The summed E-state index contributed by atoms with van der Waals surface area (Å²) in [6, 6.07) is 4.92. The van der Waals surface area contributed by atoms with E-state index in [2.05, 4.69) is 5.32 Å². The van der Waals surface area contributed by atoms with Gasteiger partial charge in [-0.05, 0) is 30.6 Å². The first-order valence-electron chi connectivity index (χ1n) is 5.98. The summed E-state index contributed by atoms with van der Waals surface area (Å²) < 4.78 is 0. The van der Waals surface area contributed by atoms with Crippen LogP contribution in [0.25, 0.3) is 0 Å². The molecule has 0 aliphatic heterocycles. The smallest absolute Gasteiger partial charge is 0.241 e. The van der Waals surface area contributed by atoms with Crippen LogP contribution in [0.1, 0.15) is 6.42 Å². The molecule has 19 heavy (non-hydrogen) atoms. The molecule has 0 bridgehead atoms. The second-order valence-corrected chi connectivity index (χ2v) is 5.80. The lowest BCUT2D eigenvalue weighted by Crippen LogP contribution is -2.36. The molecule has 1 aromatic carbocycles. The number of thioether (sulfide) groups is 1. The summed E-state index contributed by atoms with van der Waals surface area (Å²) >= 11 is 7.82. The Balaban J connectivity index is 2.82. The van der Waals surface area contributed by atoms with Crippen LogP contribution in [0.2, 0.25) is 5.02 Å². The zero-order valence-corrected chi connectivity index (χ0v) is 13.0. The van der Waals surface area contributed by atoms with Crippen molar-refractivity contribution in [2.24, 2.45) is 5.73 Å². The molecule has 0 radical (unpaired) electrons. The molecule has 0 aromatic heterocycles. The van der Waals surface area contributed by atoms with Crippen molar-refractivity contribution in [1.82, 2.24) is 0 Å². The van der Waals surface area contributed by atoms with Crippen molar-refractivity contribution in [3.8, 4) is 0 Å². The molecule has 4 nitrogen and oxygen atoms in total. The first-order chi connectivity index (χ1) is 8.97. The van der Waals surface area contributed by atoms with Gasteiger partial charge in [-0.15, -0.1) is 0 Å². The van der Waals surface area contributed by atoms with E-state index in [9.17, 15) is 4.79 Å². The number of nitrogens with one attached hydrogen (secondary N) is 1. The minimum absolute atomic E-state index is 0.181. The highest BCUT2D eigenvalue weighted by atomic mass is 35.5. The maximum Gasteiger partial charge on any atom is 0.241 e. The second-order valence-electron chi connectivity index (χ2n) is 4.41. The van der Waals surface area contributed by atoms with Gasteiger partial charge in [-0.3, -0.25) is 4.79 Å². The minimum atomic E-state index is -0.499. The lowest BCUT2D eigenvalue weighted by atomic mass is 10.2. The zero-order valence-electron chi connectivity index (χ0n) is 11.4. The van der Waals surface area contributed by atoms with Crippen LogP contribution in [0.4, 0.5) is 11.4 Å². The number of hydrogen-bond acceptors (Lipinski definition) is 4. The molecule has 1 aromatic rings. The number of nitrogens with zero attached hydrogens (tertiary/aromatic N) is 1. The average Bonchev–Trinajstić information content (AvgIpc) is 2.35. The Hall–Kier alpha value is -0.910. The number of para-hydroxylation sites is 1. The molecule has 1 rings (SSSR count). The second kappa shape index (κ2) is 7.62. The number of carbonyl (C=O) groups is 1. The summed E-state index contributed by atoms with van der Waals surface area (Å²) in [6.07, 6.45) is 2.65. The van der Waals surface area contributed by atoms with Gasteiger partial charge in [0.2, 0.25) is 5.91 Å². The third-order valence-electron chi connectivity index (χ3n) is 2.66. The highest BCUT2D eigenvalue weighted by molar-refractivity contribution is 7.98. The number of anilines is 2. The van der Waals surface area contributed by atoms with Crippen LogP contribution in [0.3, 0.4) is 0 Å². The molecule has 0 heterocycles.